The highest BCUT2D eigenvalue weighted by atomic mass is 32.2. The first-order valence-corrected chi connectivity index (χ1v) is 11.3. The zero-order valence-electron chi connectivity index (χ0n) is 16.2. The van der Waals surface area contributed by atoms with Gasteiger partial charge in [0, 0.05) is 13.1 Å². The zero-order valence-corrected chi connectivity index (χ0v) is 17.0. The summed E-state index contributed by atoms with van der Waals surface area (Å²) in [4.78, 5) is 14.8. The maximum Gasteiger partial charge on any atom is 0.257 e. The molecule has 1 atom stereocenters. The Bertz CT molecular complexity index is 1110. The normalized spacial score (nSPS) is 18.9. The topological polar surface area (TPSA) is 72.3 Å². The average Bonchev–Trinajstić information content (AvgIpc) is 3.04. The molecule has 3 aromatic rings. The molecule has 4 rings (SSSR count). The average molecular weight is 410 g/mol. The predicted octanol–water partition coefficient (Wildman–Crippen LogP) is 3.18. The number of carbonyl (C=O) groups is 1. The van der Waals surface area contributed by atoms with E-state index in [0.717, 1.165) is 16.9 Å². The smallest absolute Gasteiger partial charge is 0.257 e. The van der Waals surface area contributed by atoms with Crippen molar-refractivity contribution < 1.29 is 13.2 Å². The van der Waals surface area contributed by atoms with Crippen molar-refractivity contribution >= 4 is 15.7 Å². The van der Waals surface area contributed by atoms with E-state index in [1.165, 1.54) is 0 Å². The van der Waals surface area contributed by atoms with Gasteiger partial charge < -0.3 is 4.90 Å². The maximum atomic E-state index is 13.1. The van der Waals surface area contributed by atoms with Crippen molar-refractivity contribution in [2.75, 3.05) is 18.8 Å². The van der Waals surface area contributed by atoms with Crippen LogP contribution in [0.15, 0.2) is 66.9 Å². The first kappa shape index (κ1) is 19.4. The molecular formula is C22H23N3O3S. The maximum absolute atomic E-state index is 13.1. The molecule has 29 heavy (non-hydrogen) atoms. The van der Waals surface area contributed by atoms with Crippen molar-refractivity contribution in [3.63, 3.8) is 0 Å². The molecular weight excluding hydrogens is 386 g/mol. The summed E-state index contributed by atoms with van der Waals surface area (Å²) in [5.41, 5.74) is 2.92. The lowest BCUT2D eigenvalue weighted by Crippen LogP contribution is -2.33. The van der Waals surface area contributed by atoms with Crippen LogP contribution >= 0.6 is 0 Å². The van der Waals surface area contributed by atoms with Crippen molar-refractivity contribution in [1.29, 1.82) is 0 Å². The molecule has 0 aliphatic carbocycles. The number of para-hydroxylation sites is 1. The van der Waals surface area contributed by atoms with Crippen LogP contribution in [0.2, 0.25) is 0 Å². The predicted molar refractivity (Wildman–Crippen MR) is 112 cm³/mol. The summed E-state index contributed by atoms with van der Waals surface area (Å²) in [7, 11) is -3.32. The minimum absolute atomic E-state index is 0.0375. The standard InChI is InChI=1S/C22H23N3O3S/c1-17-20(16-23-25(17)19-10-6-3-7-11-19)22(26)24-13-12-21(29(27,28)15-14-24)18-8-4-2-5-9-18/h2-11,16,21H,12-15H2,1H3. The summed E-state index contributed by atoms with van der Waals surface area (Å²) >= 11 is 0. The molecule has 1 saturated heterocycles. The van der Waals surface area contributed by atoms with Gasteiger partial charge in [-0.3, -0.25) is 4.79 Å². The molecule has 6 nitrogen and oxygen atoms in total. The van der Waals surface area contributed by atoms with Gasteiger partial charge in [0.15, 0.2) is 9.84 Å². The second-order valence-electron chi connectivity index (χ2n) is 7.24. The quantitative estimate of drug-likeness (QED) is 0.666. The molecule has 1 amide bonds. The Morgan fingerprint density at radius 2 is 1.66 bits per heavy atom. The van der Waals surface area contributed by atoms with Crippen molar-refractivity contribution in [3.05, 3.63) is 83.7 Å². The minimum Gasteiger partial charge on any atom is -0.337 e. The van der Waals surface area contributed by atoms with E-state index in [2.05, 4.69) is 5.10 Å². The minimum atomic E-state index is -3.32. The number of hydrogen-bond donors (Lipinski definition) is 0. The van der Waals surface area contributed by atoms with E-state index >= 15 is 0 Å². The van der Waals surface area contributed by atoms with Crippen LogP contribution in [0, 0.1) is 6.92 Å². The summed E-state index contributed by atoms with van der Waals surface area (Å²) < 4.78 is 27.3. The molecule has 0 spiro atoms. The number of sulfone groups is 1. The molecule has 2 aromatic carbocycles. The first-order valence-electron chi connectivity index (χ1n) is 9.63. The van der Waals surface area contributed by atoms with Crippen molar-refractivity contribution in [1.82, 2.24) is 14.7 Å². The highest BCUT2D eigenvalue weighted by Gasteiger charge is 2.33. The summed E-state index contributed by atoms with van der Waals surface area (Å²) in [6.45, 7) is 2.45. The van der Waals surface area contributed by atoms with Crippen LogP contribution < -0.4 is 0 Å². The van der Waals surface area contributed by atoms with Gasteiger partial charge in [0.1, 0.15) is 0 Å². The van der Waals surface area contributed by atoms with Gasteiger partial charge in [0.05, 0.1) is 34.1 Å². The third kappa shape index (κ3) is 3.82. The first-order chi connectivity index (χ1) is 14.0. The Morgan fingerprint density at radius 1 is 1.00 bits per heavy atom. The van der Waals surface area contributed by atoms with Gasteiger partial charge >= 0.3 is 0 Å². The number of hydrogen-bond acceptors (Lipinski definition) is 4. The van der Waals surface area contributed by atoms with Crippen LogP contribution in [0.3, 0.4) is 0 Å². The summed E-state index contributed by atoms with van der Waals surface area (Å²) in [6.07, 6.45) is 1.96. The van der Waals surface area contributed by atoms with Crippen LogP contribution in [0.5, 0.6) is 0 Å². The third-order valence-electron chi connectivity index (χ3n) is 5.44. The molecule has 7 heteroatoms. The largest absolute Gasteiger partial charge is 0.337 e. The van der Waals surface area contributed by atoms with E-state index in [0.29, 0.717) is 18.5 Å². The second-order valence-corrected chi connectivity index (χ2v) is 9.54. The third-order valence-corrected chi connectivity index (χ3v) is 7.57. The highest BCUT2D eigenvalue weighted by Crippen LogP contribution is 2.30. The van der Waals surface area contributed by atoms with Gasteiger partial charge in [-0.2, -0.15) is 5.10 Å². The fourth-order valence-corrected chi connectivity index (χ4v) is 5.60. The Kier molecular flexibility index (Phi) is 5.24. The van der Waals surface area contributed by atoms with E-state index < -0.39 is 15.1 Å². The lowest BCUT2D eigenvalue weighted by molar-refractivity contribution is 0.0766. The van der Waals surface area contributed by atoms with Gasteiger partial charge in [0.2, 0.25) is 0 Å². The van der Waals surface area contributed by atoms with Gasteiger partial charge in [-0.05, 0) is 31.0 Å². The fourth-order valence-electron chi connectivity index (χ4n) is 3.81. The van der Waals surface area contributed by atoms with E-state index in [1.54, 1.807) is 15.8 Å². The highest BCUT2D eigenvalue weighted by molar-refractivity contribution is 7.91. The second kappa shape index (κ2) is 7.83. The Hall–Kier alpha value is -2.93. The molecule has 0 bridgehead atoms. The van der Waals surface area contributed by atoms with Gasteiger partial charge in [-0.15, -0.1) is 0 Å². The Balaban J connectivity index is 1.57. The number of benzene rings is 2. The van der Waals surface area contributed by atoms with Crippen LogP contribution in [-0.4, -0.2) is 47.8 Å². The monoisotopic (exact) mass is 409 g/mol. The van der Waals surface area contributed by atoms with Crippen LogP contribution in [0.1, 0.15) is 33.3 Å². The SMILES string of the molecule is Cc1c(C(=O)N2CCC(c3ccccc3)S(=O)(=O)CC2)cnn1-c1ccccc1. The van der Waals surface area contributed by atoms with Gasteiger partial charge in [0.25, 0.3) is 5.91 Å². The number of amides is 1. The van der Waals surface area contributed by atoms with Crippen LogP contribution in [0.25, 0.3) is 5.69 Å². The van der Waals surface area contributed by atoms with Gasteiger partial charge in [-0.1, -0.05) is 48.5 Å². The molecule has 1 fully saturated rings. The molecule has 150 valence electrons. The number of nitrogens with zero attached hydrogens (tertiary/aromatic N) is 3. The zero-order chi connectivity index (χ0) is 20.4. The number of rotatable bonds is 3. The summed E-state index contributed by atoms with van der Waals surface area (Å²) in [6, 6.07) is 18.9. The van der Waals surface area contributed by atoms with Crippen molar-refractivity contribution in [3.8, 4) is 5.69 Å². The molecule has 0 radical (unpaired) electrons. The van der Waals surface area contributed by atoms with E-state index in [9.17, 15) is 13.2 Å². The molecule has 2 heterocycles. The lowest BCUT2D eigenvalue weighted by atomic mass is 10.1. The molecule has 1 unspecified atom stereocenters. The molecule has 1 aliphatic rings. The van der Waals surface area contributed by atoms with Crippen LogP contribution in [-0.2, 0) is 9.84 Å². The van der Waals surface area contributed by atoms with Crippen LogP contribution in [0.4, 0.5) is 0 Å². The molecule has 1 aromatic heterocycles. The van der Waals surface area contributed by atoms with E-state index in [4.69, 9.17) is 0 Å². The van der Waals surface area contributed by atoms with Crippen molar-refractivity contribution in [2.45, 2.75) is 18.6 Å². The van der Waals surface area contributed by atoms with Crippen molar-refractivity contribution in [2.24, 2.45) is 0 Å². The van der Waals surface area contributed by atoms with E-state index in [-0.39, 0.29) is 18.2 Å². The Morgan fingerprint density at radius 3 is 2.34 bits per heavy atom. The number of carbonyl (C=O) groups excluding carboxylic acids is 1. The lowest BCUT2D eigenvalue weighted by Gasteiger charge is -2.20. The summed E-state index contributed by atoms with van der Waals surface area (Å²) in [5.74, 6) is -0.210. The fraction of sp³-hybridized carbons (Fsp3) is 0.273. The number of aromatic nitrogens is 2. The summed E-state index contributed by atoms with van der Waals surface area (Å²) in [5, 5.41) is 3.79. The molecule has 0 N–H and O–H groups in total. The Labute approximate surface area is 170 Å². The van der Waals surface area contributed by atoms with Gasteiger partial charge in [-0.25, -0.2) is 13.1 Å². The van der Waals surface area contributed by atoms with E-state index in [1.807, 2.05) is 67.6 Å². The molecule has 1 aliphatic heterocycles. The molecule has 0 saturated carbocycles.